The van der Waals surface area contributed by atoms with Crippen LogP contribution in [0.1, 0.15) is 142 Å². The highest BCUT2D eigenvalue weighted by Crippen LogP contribution is 2.41. The first-order valence-electron chi connectivity index (χ1n) is 33.2. The number of aliphatic hydroxyl groups is 2. The van der Waals surface area contributed by atoms with Crippen LogP contribution in [0.25, 0.3) is 12.2 Å². The zero-order chi connectivity index (χ0) is 71.6. The molecule has 0 spiro atoms. The summed E-state index contributed by atoms with van der Waals surface area (Å²) >= 11 is 0. The number of esters is 2. The number of hydrogen-bond donors (Lipinski definition) is 2. The Morgan fingerprint density at radius 1 is 0.574 bits per heavy atom. The molecule has 2 saturated heterocycles. The lowest BCUT2D eigenvalue weighted by molar-refractivity contribution is -0.152. The van der Waals surface area contributed by atoms with Gasteiger partial charge in [-0.15, -0.1) is 0 Å². The summed E-state index contributed by atoms with van der Waals surface area (Å²) in [6.07, 6.45) is 7.82. The Morgan fingerprint density at radius 3 is 1.35 bits per heavy atom. The first-order valence-corrected chi connectivity index (χ1v) is 46.4. The van der Waals surface area contributed by atoms with Crippen molar-refractivity contribution < 1.29 is 85.5 Å². The normalized spacial score (nSPS) is 20.6. The molecule has 2 heterocycles. The maximum atomic E-state index is 13.4. The molecule has 0 amide bonds. The third-order valence-electron chi connectivity index (χ3n) is 17.4. The Hall–Kier alpha value is -4.17. The van der Waals surface area contributed by atoms with Gasteiger partial charge in [-0.1, -0.05) is 136 Å². The topological polar surface area (TPSA) is 204 Å². The molecule has 22 heteroatoms. The number of methoxy groups -OCH3 is 4. The number of rotatable bonds is 32. The van der Waals surface area contributed by atoms with E-state index >= 15 is 0 Å². The fourth-order valence-electron chi connectivity index (χ4n) is 9.44. The summed E-state index contributed by atoms with van der Waals surface area (Å²) in [5.41, 5.74) is 1.71. The maximum Gasteiger partial charge on any atom is 0.342 e. The lowest BCUT2D eigenvalue weighted by atomic mass is 10.00. The zero-order valence-electron chi connectivity index (χ0n) is 62.6. The van der Waals surface area contributed by atoms with Gasteiger partial charge in [-0.05, 0) is 139 Å². The molecule has 18 nitrogen and oxygen atoms in total. The van der Waals surface area contributed by atoms with Crippen LogP contribution < -0.4 is 18.9 Å². The van der Waals surface area contributed by atoms with E-state index in [1.54, 1.807) is 44.6 Å². The van der Waals surface area contributed by atoms with E-state index < -0.39 is 92.9 Å². The second-order valence-electron chi connectivity index (χ2n) is 31.2. The lowest BCUT2D eigenvalue weighted by Crippen LogP contribution is -2.44. The summed E-state index contributed by atoms with van der Waals surface area (Å²) in [5, 5.41) is 22.6. The van der Waals surface area contributed by atoms with Crippen LogP contribution in [0.2, 0.25) is 87.6 Å². The number of carbonyl (C=O) groups excluding carboxylic acids is 2. The first kappa shape index (κ1) is 84.1. The Bertz CT molecular complexity index is 2860. The fourth-order valence-corrected chi connectivity index (χ4v) is 13.9. The maximum absolute atomic E-state index is 13.4. The van der Waals surface area contributed by atoms with Gasteiger partial charge in [0.2, 0.25) is 0 Å². The molecule has 4 rings (SSSR count). The van der Waals surface area contributed by atoms with Gasteiger partial charge in [-0.3, -0.25) is 0 Å². The van der Waals surface area contributed by atoms with Gasteiger partial charge in [0, 0.05) is 54.5 Å². The summed E-state index contributed by atoms with van der Waals surface area (Å²) in [4.78, 5) is 26.8. The van der Waals surface area contributed by atoms with Gasteiger partial charge in [0.15, 0.2) is 41.8 Å². The molecule has 0 bridgehead atoms. The van der Waals surface area contributed by atoms with E-state index in [0.717, 1.165) is 12.1 Å². The van der Waals surface area contributed by atoms with Crippen LogP contribution in [0.3, 0.4) is 0 Å². The number of aliphatic hydroxyl groups excluding tert-OH is 2. The molecule has 2 fully saturated rings. The molecule has 10 atom stereocenters. The molecule has 0 saturated carbocycles. The SMILES string of the molecule is COCOc1cc(OC)cc(/C=C/C[C@@H]2OC(C)(C)O[C@@H]2C(O)/C=C\[C@H](C)[C@H](C)O[Si](C)(C)C(C)(C)C)c1C(=O)OCC[Si](C)(C)C.COCOc1cc(OC)cc(/C=C/C[C@@H]2OC(C)(C)O[C@@H]2C(O)C#C[C@H](C)[C@@H](C)O[Si](C)(C)C(C)(C)C)c1C(=O)OCC[Si](C)(C)C. The van der Waals surface area contributed by atoms with Crippen molar-refractivity contribution in [2.45, 2.75) is 258 Å². The highest BCUT2D eigenvalue weighted by molar-refractivity contribution is 6.76. The smallest absolute Gasteiger partial charge is 0.342 e. The van der Waals surface area contributed by atoms with E-state index in [1.807, 2.05) is 71.9 Å². The average molecular weight is 1390 g/mol. The molecule has 0 aromatic heterocycles. The molecule has 2 aliphatic heterocycles. The van der Waals surface area contributed by atoms with Crippen molar-refractivity contribution in [1.29, 1.82) is 0 Å². The summed E-state index contributed by atoms with van der Waals surface area (Å²) in [5.74, 6) is 5.14. The molecule has 534 valence electrons. The zero-order valence-corrected chi connectivity index (χ0v) is 66.6. The van der Waals surface area contributed by atoms with Gasteiger partial charge in [0.1, 0.15) is 58.5 Å². The standard InChI is InChI=1S/C36H62O9Si2.C36H60O9Si2/c2*1-25(26(2)45-47(13,14)35(3,4)5)18-19-29(37)33-30(43-36(6,7)44-33)17-15-16-27-22-28(40-9)23-31(42-24-39-8)32(27)34(38)41-20-21-46(10,11)12/h15-16,18-19,22-23,25-26,29-30,33,37H,17,20-21,24H2,1-14H3;15-16,22-23,25-26,29-30,33,37H,17,20-21,24H2,1-14H3/b16-15+,19-18-;16-15+/t25-,26-,29?,30-,33+;25-,26+,29?,30-,33+/m00/s1. The van der Waals surface area contributed by atoms with E-state index in [2.05, 4.69) is 133 Å². The summed E-state index contributed by atoms with van der Waals surface area (Å²) in [6.45, 7) is 51.8. The van der Waals surface area contributed by atoms with Gasteiger partial charge in [-0.2, -0.15) is 0 Å². The van der Waals surface area contributed by atoms with Crippen LogP contribution >= 0.6 is 0 Å². The summed E-state index contributed by atoms with van der Waals surface area (Å²) in [6, 6.07) is 8.52. The van der Waals surface area contributed by atoms with E-state index in [9.17, 15) is 19.8 Å². The number of benzene rings is 2. The third kappa shape index (κ3) is 27.3. The highest BCUT2D eigenvalue weighted by Gasteiger charge is 2.46. The third-order valence-corrected chi connectivity index (χ3v) is 30.0. The Kier molecular flexibility index (Phi) is 32.3. The minimum atomic E-state index is -1.96. The lowest BCUT2D eigenvalue weighted by Gasteiger charge is -2.39. The molecule has 94 heavy (non-hydrogen) atoms. The Labute approximate surface area is 570 Å². The predicted octanol–water partition coefficient (Wildman–Crippen LogP) is 15.6. The molecule has 0 radical (unpaired) electrons. The number of hydrogen-bond acceptors (Lipinski definition) is 18. The van der Waals surface area contributed by atoms with E-state index in [4.69, 9.17) is 65.7 Å². The van der Waals surface area contributed by atoms with Crippen LogP contribution in [0.5, 0.6) is 23.0 Å². The minimum Gasteiger partial charge on any atom is -0.497 e. The number of carbonyl (C=O) groups is 2. The molecule has 2 aromatic rings. The van der Waals surface area contributed by atoms with Crippen LogP contribution in [-0.2, 0) is 46.7 Å². The molecule has 2 aromatic carbocycles. The molecular weight excluding hydrogens is 1270 g/mol. The van der Waals surface area contributed by atoms with Crippen molar-refractivity contribution in [2.24, 2.45) is 11.8 Å². The predicted molar refractivity (Wildman–Crippen MR) is 386 cm³/mol. The minimum absolute atomic E-state index is 0.00677. The van der Waals surface area contributed by atoms with Crippen LogP contribution in [0, 0.1) is 23.7 Å². The van der Waals surface area contributed by atoms with Crippen molar-refractivity contribution >= 4 is 56.9 Å². The van der Waals surface area contributed by atoms with Gasteiger partial charge in [0.25, 0.3) is 0 Å². The van der Waals surface area contributed by atoms with Gasteiger partial charge in [-0.25, -0.2) is 9.59 Å². The van der Waals surface area contributed by atoms with Gasteiger partial charge >= 0.3 is 11.9 Å². The largest absolute Gasteiger partial charge is 0.497 e. The quantitative estimate of drug-likeness (QED) is 0.0230. The molecule has 0 aliphatic carbocycles. The van der Waals surface area contributed by atoms with Crippen LogP contribution in [0.15, 0.2) is 48.6 Å². The Morgan fingerprint density at radius 2 is 0.968 bits per heavy atom. The van der Waals surface area contributed by atoms with E-state index in [0.29, 0.717) is 65.7 Å². The second-order valence-corrected chi connectivity index (χ2v) is 51.9. The Balaban J connectivity index is 0.000000490. The van der Waals surface area contributed by atoms with Crippen molar-refractivity contribution in [2.75, 3.05) is 55.2 Å². The molecule has 2 aliphatic rings. The average Bonchev–Trinajstić information content (AvgIpc) is 1.11. The van der Waals surface area contributed by atoms with E-state index in [-0.39, 0.29) is 53.3 Å². The van der Waals surface area contributed by atoms with Crippen LogP contribution in [-0.4, -0.2) is 171 Å². The van der Waals surface area contributed by atoms with Crippen LogP contribution in [0.4, 0.5) is 0 Å². The van der Waals surface area contributed by atoms with Crippen molar-refractivity contribution in [3.63, 3.8) is 0 Å². The van der Waals surface area contributed by atoms with Crippen molar-refractivity contribution in [1.82, 2.24) is 0 Å². The summed E-state index contributed by atoms with van der Waals surface area (Å²) in [7, 11) is -0.566. The van der Waals surface area contributed by atoms with Gasteiger partial charge < -0.3 is 75.9 Å². The fraction of sp³-hybridized carbons (Fsp3) is 0.694. The monoisotopic (exact) mass is 1390 g/mol. The molecular formula is C72H122O18Si4. The van der Waals surface area contributed by atoms with E-state index in [1.165, 1.54) is 14.2 Å². The van der Waals surface area contributed by atoms with Crippen molar-refractivity contribution in [3.8, 4) is 34.8 Å². The number of ether oxygens (including phenoxy) is 12. The second kappa shape index (κ2) is 36.1. The first-order chi connectivity index (χ1) is 43.2. The highest BCUT2D eigenvalue weighted by atomic mass is 28.4. The van der Waals surface area contributed by atoms with Gasteiger partial charge in [0.05, 0.1) is 45.7 Å². The van der Waals surface area contributed by atoms with Crippen molar-refractivity contribution in [3.05, 3.63) is 70.8 Å². The molecule has 2 unspecified atom stereocenters. The summed E-state index contributed by atoms with van der Waals surface area (Å²) < 4.78 is 82.0. The molecule has 2 N–H and O–H groups in total.